The van der Waals surface area contributed by atoms with Crippen molar-refractivity contribution in [1.29, 1.82) is 0 Å². The maximum atomic E-state index is 11.9. The zero-order valence-electron chi connectivity index (χ0n) is 12.1. The van der Waals surface area contributed by atoms with Gasteiger partial charge in [-0.15, -0.1) is 0 Å². The molecule has 1 aromatic heterocycles. The van der Waals surface area contributed by atoms with Crippen LogP contribution in [0.1, 0.15) is 5.76 Å². The quantitative estimate of drug-likeness (QED) is 0.406. The lowest BCUT2D eigenvalue weighted by molar-refractivity contribution is -0.384. The van der Waals surface area contributed by atoms with Gasteiger partial charge < -0.3 is 4.42 Å². The number of nitro benzene ring substituents is 1. The molecule has 0 aliphatic carbocycles. The van der Waals surface area contributed by atoms with E-state index in [1.807, 2.05) is 0 Å². The Kier molecular flexibility index (Phi) is 3.68. The SMILES string of the molecule is Cc1cc(=O)c2cc(N=Nc3ccc([N+](=O)[O-])cc3)ccc2o1. The normalized spacial score (nSPS) is 11.2. The van der Waals surface area contributed by atoms with E-state index in [1.165, 1.54) is 30.3 Å². The van der Waals surface area contributed by atoms with Gasteiger partial charge in [-0.2, -0.15) is 10.2 Å². The fourth-order valence-corrected chi connectivity index (χ4v) is 2.08. The third kappa shape index (κ3) is 3.13. The fraction of sp³-hybridized carbons (Fsp3) is 0.0625. The molecule has 1 heterocycles. The van der Waals surface area contributed by atoms with E-state index in [1.54, 1.807) is 25.1 Å². The number of rotatable bonds is 3. The lowest BCUT2D eigenvalue weighted by Crippen LogP contribution is -1.99. The molecular weight excluding hydrogens is 298 g/mol. The van der Waals surface area contributed by atoms with Crippen LogP contribution in [0, 0.1) is 17.0 Å². The molecule has 3 aromatic rings. The Morgan fingerprint density at radius 2 is 1.65 bits per heavy atom. The molecule has 23 heavy (non-hydrogen) atoms. The van der Waals surface area contributed by atoms with Crippen molar-refractivity contribution in [2.75, 3.05) is 0 Å². The number of aryl methyl sites for hydroxylation is 1. The van der Waals surface area contributed by atoms with E-state index in [9.17, 15) is 14.9 Å². The molecular formula is C16H11N3O4. The summed E-state index contributed by atoms with van der Waals surface area (Å²) in [5, 5.41) is 19.1. The number of nitrogens with zero attached hydrogens (tertiary/aromatic N) is 3. The van der Waals surface area contributed by atoms with Gasteiger partial charge in [-0.1, -0.05) is 0 Å². The average Bonchev–Trinajstić information content (AvgIpc) is 2.53. The molecule has 0 atom stereocenters. The first-order valence-electron chi connectivity index (χ1n) is 6.74. The molecule has 7 nitrogen and oxygen atoms in total. The number of nitro groups is 1. The first-order valence-corrected chi connectivity index (χ1v) is 6.74. The molecule has 0 bridgehead atoms. The van der Waals surface area contributed by atoms with Crippen molar-refractivity contribution in [3.63, 3.8) is 0 Å². The summed E-state index contributed by atoms with van der Waals surface area (Å²) in [5.41, 5.74) is 1.31. The Labute approximate surface area is 130 Å². The van der Waals surface area contributed by atoms with Gasteiger partial charge >= 0.3 is 0 Å². The van der Waals surface area contributed by atoms with Crippen molar-refractivity contribution in [3.05, 3.63) is 74.6 Å². The fourth-order valence-electron chi connectivity index (χ4n) is 2.08. The average molecular weight is 309 g/mol. The molecule has 0 saturated heterocycles. The van der Waals surface area contributed by atoms with E-state index in [0.717, 1.165) is 0 Å². The zero-order valence-corrected chi connectivity index (χ0v) is 12.1. The van der Waals surface area contributed by atoms with Crippen molar-refractivity contribution in [1.82, 2.24) is 0 Å². The van der Waals surface area contributed by atoms with Crippen molar-refractivity contribution >= 4 is 28.0 Å². The predicted molar refractivity (Wildman–Crippen MR) is 84.5 cm³/mol. The molecule has 0 radical (unpaired) electrons. The molecule has 0 amide bonds. The number of fused-ring (bicyclic) bond motifs is 1. The van der Waals surface area contributed by atoms with Gasteiger partial charge in [0.25, 0.3) is 5.69 Å². The second-order valence-electron chi connectivity index (χ2n) is 4.88. The summed E-state index contributed by atoms with van der Waals surface area (Å²) in [6.07, 6.45) is 0. The summed E-state index contributed by atoms with van der Waals surface area (Å²) >= 11 is 0. The lowest BCUT2D eigenvalue weighted by Gasteiger charge is -1.99. The number of hydrogen-bond donors (Lipinski definition) is 0. The first kappa shape index (κ1) is 14.6. The van der Waals surface area contributed by atoms with E-state index >= 15 is 0 Å². The molecule has 7 heteroatoms. The van der Waals surface area contributed by atoms with Gasteiger partial charge in [0.1, 0.15) is 11.3 Å². The Morgan fingerprint density at radius 3 is 2.35 bits per heavy atom. The van der Waals surface area contributed by atoms with Gasteiger partial charge in [-0.05, 0) is 37.3 Å². The van der Waals surface area contributed by atoms with Crippen LogP contribution in [0.25, 0.3) is 11.0 Å². The van der Waals surface area contributed by atoms with Gasteiger partial charge in [0.15, 0.2) is 5.43 Å². The summed E-state index contributed by atoms with van der Waals surface area (Å²) < 4.78 is 5.46. The van der Waals surface area contributed by atoms with Gasteiger partial charge in [0.05, 0.1) is 21.7 Å². The number of non-ortho nitro benzene ring substituents is 1. The molecule has 0 unspecified atom stereocenters. The molecule has 0 spiro atoms. The second kappa shape index (κ2) is 5.80. The monoisotopic (exact) mass is 309 g/mol. The van der Waals surface area contributed by atoms with E-state index in [-0.39, 0.29) is 11.1 Å². The first-order chi connectivity index (χ1) is 11.0. The smallest absolute Gasteiger partial charge is 0.269 e. The molecule has 0 aliphatic rings. The van der Waals surface area contributed by atoms with Crippen molar-refractivity contribution in [2.45, 2.75) is 6.92 Å². The number of azo groups is 1. The van der Waals surface area contributed by atoms with Crippen LogP contribution in [-0.2, 0) is 0 Å². The molecule has 2 aromatic carbocycles. The number of benzene rings is 2. The second-order valence-corrected chi connectivity index (χ2v) is 4.88. The van der Waals surface area contributed by atoms with Crippen LogP contribution in [0.15, 0.2) is 68.0 Å². The minimum Gasteiger partial charge on any atom is -0.461 e. The highest BCUT2D eigenvalue weighted by Gasteiger charge is 2.05. The third-order valence-electron chi connectivity index (χ3n) is 3.18. The van der Waals surface area contributed by atoms with E-state index < -0.39 is 4.92 Å². The molecule has 114 valence electrons. The summed E-state index contributed by atoms with van der Waals surface area (Å²) in [5.74, 6) is 0.544. The van der Waals surface area contributed by atoms with Crippen molar-refractivity contribution in [2.24, 2.45) is 10.2 Å². The third-order valence-corrected chi connectivity index (χ3v) is 3.18. The summed E-state index contributed by atoms with van der Waals surface area (Å²) in [6.45, 7) is 1.71. The molecule has 3 rings (SSSR count). The standard InChI is InChI=1S/C16H11N3O4/c1-10-8-15(20)14-9-12(4-7-16(14)23-10)18-17-11-2-5-13(6-3-11)19(21)22/h2-9H,1H3. The molecule has 0 aliphatic heterocycles. The Bertz CT molecular complexity index is 975. The van der Waals surface area contributed by atoms with E-state index in [4.69, 9.17) is 4.42 Å². The summed E-state index contributed by atoms with van der Waals surface area (Å²) in [6, 6.07) is 12.1. The minimum atomic E-state index is -0.481. The topological polar surface area (TPSA) is 98.1 Å². The van der Waals surface area contributed by atoms with Crippen LogP contribution in [0.2, 0.25) is 0 Å². The maximum Gasteiger partial charge on any atom is 0.269 e. The van der Waals surface area contributed by atoms with Crippen molar-refractivity contribution in [3.8, 4) is 0 Å². The largest absolute Gasteiger partial charge is 0.461 e. The van der Waals surface area contributed by atoms with Gasteiger partial charge in [0, 0.05) is 18.2 Å². The molecule has 0 N–H and O–H groups in total. The van der Waals surface area contributed by atoms with Gasteiger partial charge in [-0.25, -0.2) is 0 Å². The van der Waals surface area contributed by atoms with Gasteiger partial charge in [0.2, 0.25) is 0 Å². The maximum absolute atomic E-state index is 11.9. The highest BCUT2D eigenvalue weighted by atomic mass is 16.6. The minimum absolute atomic E-state index is 0.0115. The predicted octanol–water partition coefficient (Wildman–Crippen LogP) is 4.43. The summed E-state index contributed by atoms with van der Waals surface area (Å²) in [4.78, 5) is 22.0. The van der Waals surface area contributed by atoms with Crippen LogP contribution in [0.4, 0.5) is 17.1 Å². The molecule has 0 saturated carbocycles. The number of hydrogen-bond acceptors (Lipinski definition) is 6. The van der Waals surface area contributed by atoms with E-state index in [0.29, 0.717) is 28.1 Å². The highest BCUT2D eigenvalue weighted by Crippen LogP contribution is 2.23. The summed E-state index contributed by atoms with van der Waals surface area (Å²) in [7, 11) is 0. The van der Waals surface area contributed by atoms with E-state index in [2.05, 4.69) is 10.2 Å². The van der Waals surface area contributed by atoms with Crippen LogP contribution in [0.3, 0.4) is 0 Å². The van der Waals surface area contributed by atoms with Crippen LogP contribution in [-0.4, -0.2) is 4.92 Å². The zero-order chi connectivity index (χ0) is 16.4. The van der Waals surface area contributed by atoms with Crippen molar-refractivity contribution < 1.29 is 9.34 Å². The Hall–Kier alpha value is -3.35. The lowest BCUT2D eigenvalue weighted by atomic mass is 10.2. The van der Waals surface area contributed by atoms with Crippen LogP contribution < -0.4 is 5.43 Å². The highest BCUT2D eigenvalue weighted by molar-refractivity contribution is 5.79. The Balaban J connectivity index is 1.91. The van der Waals surface area contributed by atoms with Crippen LogP contribution >= 0.6 is 0 Å². The van der Waals surface area contributed by atoms with Gasteiger partial charge in [-0.3, -0.25) is 14.9 Å². The molecule has 0 fully saturated rings. The Morgan fingerprint density at radius 1 is 1.00 bits per heavy atom. The van der Waals surface area contributed by atoms with Crippen LogP contribution in [0.5, 0.6) is 0 Å².